The van der Waals surface area contributed by atoms with Crippen molar-refractivity contribution in [1.82, 2.24) is 5.32 Å². The monoisotopic (exact) mass is 455 g/mol. The second-order valence-electron chi connectivity index (χ2n) is 6.63. The molecule has 170 valence electrons. The molecule has 0 unspecified atom stereocenters. The van der Waals surface area contributed by atoms with E-state index in [-0.39, 0.29) is 30.2 Å². The third kappa shape index (κ3) is 5.07. The Hall–Kier alpha value is -3.83. The highest BCUT2D eigenvalue weighted by Gasteiger charge is 2.34. The molecule has 0 aromatic heterocycles. The van der Waals surface area contributed by atoms with Crippen LogP contribution in [0, 0.1) is 11.6 Å². The normalized spacial score (nSPS) is 15.5. The van der Waals surface area contributed by atoms with Crippen molar-refractivity contribution >= 4 is 29.1 Å². The highest BCUT2D eigenvalue weighted by molar-refractivity contribution is 5.90. The highest BCUT2D eigenvalue weighted by atomic mass is 19.3. The zero-order chi connectivity index (χ0) is 23.4. The van der Waals surface area contributed by atoms with Crippen molar-refractivity contribution in [3.8, 4) is 5.75 Å². The van der Waals surface area contributed by atoms with Crippen molar-refractivity contribution in [3.63, 3.8) is 0 Å². The second kappa shape index (κ2) is 9.54. The number of hydrogen-bond donors (Lipinski definition) is 2. The van der Waals surface area contributed by atoms with Crippen LogP contribution < -0.4 is 25.7 Å². The van der Waals surface area contributed by atoms with Crippen LogP contribution in [0.15, 0.2) is 41.2 Å². The van der Waals surface area contributed by atoms with Crippen LogP contribution in [-0.4, -0.2) is 44.7 Å². The van der Waals surface area contributed by atoms with Crippen LogP contribution in [0.2, 0.25) is 0 Å². The van der Waals surface area contributed by atoms with Crippen molar-refractivity contribution in [1.29, 1.82) is 0 Å². The van der Waals surface area contributed by atoms with Gasteiger partial charge in [0.1, 0.15) is 11.8 Å². The molecule has 12 heteroatoms. The van der Waals surface area contributed by atoms with Crippen LogP contribution in [0.5, 0.6) is 5.75 Å². The fourth-order valence-corrected chi connectivity index (χ4v) is 2.91. The molecule has 3 rings (SSSR count). The maximum atomic E-state index is 14.6. The van der Waals surface area contributed by atoms with Crippen LogP contribution in [-0.2, 0) is 9.53 Å². The Labute approximate surface area is 178 Å². The number of benzene rings is 1. The van der Waals surface area contributed by atoms with E-state index in [9.17, 15) is 31.9 Å². The molecule has 8 nitrogen and oxygen atoms in total. The third-order valence-corrected chi connectivity index (χ3v) is 4.48. The van der Waals surface area contributed by atoms with E-state index in [1.807, 2.05) is 5.32 Å². The number of alkyl halides is 2. The summed E-state index contributed by atoms with van der Waals surface area (Å²) in [6.07, 6.45) is -5.15. The van der Waals surface area contributed by atoms with Gasteiger partial charge in [-0.1, -0.05) is 0 Å². The third-order valence-electron chi connectivity index (χ3n) is 4.48. The molecule has 0 saturated carbocycles. The molecule has 0 spiro atoms. The number of carbonyl (C=O) groups excluding carboxylic acids is 2. The van der Waals surface area contributed by atoms with Gasteiger partial charge in [0.2, 0.25) is 5.43 Å². The number of anilines is 3. The van der Waals surface area contributed by atoms with Gasteiger partial charge in [0.05, 0.1) is 25.9 Å². The number of halogens is 4. The first-order chi connectivity index (χ1) is 15.2. The van der Waals surface area contributed by atoms with Gasteiger partial charge in [-0.05, 0) is 24.3 Å². The zero-order valence-electron chi connectivity index (χ0n) is 16.5. The maximum absolute atomic E-state index is 14.6. The number of nitrogens with one attached hydrogen (secondary N) is 2. The van der Waals surface area contributed by atoms with Crippen molar-refractivity contribution in [2.75, 3.05) is 30.4 Å². The number of methoxy groups -OCH3 is 1. The Bertz CT molecular complexity index is 1080. The van der Waals surface area contributed by atoms with Gasteiger partial charge in [-0.25, -0.2) is 13.6 Å². The minimum Gasteiger partial charge on any atom is -0.493 e. The Morgan fingerprint density at radius 3 is 2.47 bits per heavy atom. The smallest absolute Gasteiger partial charge is 0.414 e. The standard InChI is InChI=1S/C20H17F4N3O5/c1-31-16-5-3-10(2-4-15(16)28)26-17-13(21)6-11(7-14(17)22)27-9-12(32-20(27)30)8-25-19(29)18(23)24/h2-7,12,18,26H,8-9H2,1H3,(H,25,29)/t12-/m0/s1. The van der Waals surface area contributed by atoms with Gasteiger partial charge in [-0.2, -0.15) is 8.78 Å². The highest BCUT2D eigenvalue weighted by Crippen LogP contribution is 2.30. The number of carbonyl (C=O) groups is 2. The van der Waals surface area contributed by atoms with E-state index in [2.05, 4.69) is 5.32 Å². The molecule has 1 atom stereocenters. The van der Waals surface area contributed by atoms with Crippen LogP contribution in [0.4, 0.5) is 39.4 Å². The number of rotatable bonds is 7. The topological polar surface area (TPSA) is 97.0 Å². The summed E-state index contributed by atoms with van der Waals surface area (Å²) >= 11 is 0. The lowest BCUT2D eigenvalue weighted by molar-refractivity contribution is -0.132. The second-order valence-corrected chi connectivity index (χ2v) is 6.63. The summed E-state index contributed by atoms with van der Waals surface area (Å²) < 4.78 is 63.6. The van der Waals surface area contributed by atoms with E-state index in [0.29, 0.717) is 0 Å². The van der Waals surface area contributed by atoms with Crippen molar-refractivity contribution in [2.24, 2.45) is 0 Å². The average molecular weight is 455 g/mol. The summed E-state index contributed by atoms with van der Waals surface area (Å²) in [5, 5.41) is 4.43. The lowest BCUT2D eigenvalue weighted by Gasteiger charge is -2.16. The molecule has 1 fully saturated rings. The minimum absolute atomic E-state index is 0.0428. The molecule has 32 heavy (non-hydrogen) atoms. The summed E-state index contributed by atoms with van der Waals surface area (Å²) in [6, 6.07) is 6.97. The van der Waals surface area contributed by atoms with Gasteiger partial charge in [-0.15, -0.1) is 0 Å². The summed E-state index contributed by atoms with van der Waals surface area (Å²) in [5.41, 5.74) is -0.921. The molecule has 2 aromatic rings. The lowest BCUT2D eigenvalue weighted by Crippen LogP contribution is -2.37. The van der Waals surface area contributed by atoms with E-state index in [1.165, 1.54) is 31.4 Å². The van der Waals surface area contributed by atoms with Crippen molar-refractivity contribution in [3.05, 3.63) is 58.3 Å². The molecular weight excluding hydrogens is 438 g/mol. The molecule has 2 amide bonds. The van der Waals surface area contributed by atoms with Crippen LogP contribution in [0.25, 0.3) is 0 Å². The average Bonchev–Trinajstić information content (AvgIpc) is 3.02. The summed E-state index contributed by atoms with van der Waals surface area (Å²) in [4.78, 5) is 35.6. The minimum atomic E-state index is -3.22. The summed E-state index contributed by atoms with van der Waals surface area (Å²) in [5.74, 6) is -3.56. The molecule has 0 radical (unpaired) electrons. The number of hydrogen-bond acceptors (Lipinski definition) is 6. The van der Waals surface area contributed by atoms with Gasteiger partial charge in [0.25, 0.3) is 5.91 Å². The Balaban J connectivity index is 1.76. The van der Waals surface area contributed by atoms with Crippen LogP contribution in [0.3, 0.4) is 0 Å². The quantitative estimate of drug-likeness (QED) is 0.624. The van der Waals surface area contributed by atoms with Gasteiger partial charge in [0.15, 0.2) is 17.4 Å². The Kier molecular flexibility index (Phi) is 6.81. The van der Waals surface area contributed by atoms with E-state index < -0.39 is 47.3 Å². The molecule has 1 aliphatic heterocycles. The van der Waals surface area contributed by atoms with E-state index in [0.717, 1.165) is 17.0 Å². The predicted octanol–water partition coefficient (Wildman–Crippen LogP) is 2.78. The molecular formula is C20H17F4N3O5. The summed E-state index contributed by atoms with van der Waals surface area (Å²) in [6.45, 7) is -0.596. The van der Waals surface area contributed by atoms with Crippen molar-refractivity contribution in [2.45, 2.75) is 12.5 Å². The summed E-state index contributed by atoms with van der Waals surface area (Å²) in [7, 11) is 1.31. The molecule has 2 aromatic carbocycles. The first kappa shape index (κ1) is 22.8. The first-order valence-corrected chi connectivity index (χ1v) is 9.18. The molecule has 1 aliphatic rings. The molecule has 1 heterocycles. The van der Waals surface area contributed by atoms with Crippen molar-refractivity contribution < 1.29 is 36.6 Å². The van der Waals surface area contributed by atoms with E-state index in [1.54, 1.807) is 0 Å². The van der Waals surface area contributed by atoms with Gasteiger partial charge >= 0.3 is 12.5 Å². The number of nitrogens with zero attached hydrogens (tertiary/aromatic N) is 1. The SMILES string of the molecule is COc1ccc(Nc2c(F)cc(N3C[C@H](CNC(=O)C(F)F)OC3=O)cc2F)ccc1=O. The molecule has 1 saturated heterocycles. The van der Waals surface area contributed by atoms with E-state index >= 15 is 0 Å². The predicted molar refractivity (Wildman–Crippen MR) is 106 cm³/mol. The number of ether oxygens (including phenoxy) is 2. The van der Waals surface area contributed by atoms with Gasteiger partial charge in [0, 0.05) is 17.8 Å². The van der Waals surface area contributed by atoms with Crippen LogP contribution in [0.1, 0.15) is 0 Å². The molecule has 0 aliphatic carbocycles. The number of amides is 2. The molecule has 2 N–H and O–H groups in total. The largest absolute Gasteiger partial charge is 0.493 e. The van der Waals surface area contributed by atoms with Gasteiger partial charge < -0.3 is 20.1 Å². The van der Waals surface area contributed by atoms with Crippen LogP contribution >= 0.6 is 0 Å². The number of cyclic esters (lactones) is 1. The lowest BCUT2D eigenvalue weighted by atomic mass is 10.2. The Morgan fingerprint density at radius 2 is 1.84 bits per heavy atom. The fraction of sp³-hybridized carbons (Fsp3) is 0.250. The fourth-order valence-electron chi connectivity index (χ4n) is 2.91. The van der Waals surface area contributed by atoms with E-state index in [4.69, 9.17) is 9.47 Å². The maximum Gasteiger partial charge on any atom is 0.414 e. The Morgan fingerprint density at radius 1 is 1.19 bits per heavy atom. The first-order valence-electron chi connectivity index (χ1n) is 9.18. The zero-order valence-corrected chi connectivity index (χ0v) is 16.5. The molecule has 0 bridgehead atoms. The van der Waals surface area contributed by atoms with Gasteiger partial charge in [-0.3, -0.25) is 14.5 Å².